The third-order valence-corrected chi connectivity index (χ3v) is 4.65. The lowest BCUT2D eigenvalue weighted by Gasteiger charge is -2.21. The van der Waals surface area contributed by atoms with Crippen LogP contribution in [0.15, 0.2) is 22.7 Å². The summed E-state index contributed by atoms with van der Waals surface area (Å²) in [6, 6.07) is 6.02. The molecule has 3 heteroatoms. The van der Waals surface area contributed by atoms with E-state index in [2.05, 4.69) is 20.9 Å². The lowest BCUT2D eigenvalue weighted by molar-refractivity contribution is 0.112. The molecule has 0 aliphatic heterocycles. The van der Waals surface area contributed by atoms with Crippen molar-refractivity contribution >= 4 is 33.1 Å². The average Bonchev–Trinajstić information content (AvgIpc) is 2.80. The second kappa shape index (κ2) is 4.88. The summed E-state index contributed by atoms with van der Waals surface area (Å²) in [7, 11) is 0. The molecule has 0 unspecified atom stereocenters. The van der Waals surface area contributed by atoms with Crippen LogP contribution in [0.2, 0.25) is 0 Å². The highest BCUT2D eigenvalue weighted by Gasteiger charge is 2.22. The van der Waals surface area contributed by atoms with Crippen LogP contribution in [-0.2, 0) is 0 Å². The van der Waals surface area contributed by atoms with E-state index >= 15 is 0 Å². The summed E-state index contributed by atoms with van der Waals surface area (Å²) >= 11 is 3.55. The van der Waals surface area contributed by atoms with Crippen molar-refractivity contribution in [1.29, 1.82) is 0 Å². The largest absolute Gasteiger partial charge is 0.357 e. The molecule has 18 heavy (non-hydrogen) atoms. The zero-order chi connectivity index (χ0) is 12.5. The standard InChI is InChI=1S/C15H16BrNO/c16-13-8-4-7-11-12(9-18)14(17-15(11)13)10-5-2-1-3-6-10/h4,7-10,17H,1-3,5-6H2. The van der Waals surface area contributed by atoms with Crippen molar-refractivity contribution < 1.29 is 4.79 Å². The van der Waals surface area contributed by atoms with Crippen molar-refractivity contribution in [2.75, 3.05) is 0 Å². The molecule has 1 aliphatic rings. The van der Waals surface area contributed by atoms with E-state index in [1.165, 1.54) is 32.1 Å². The van der Waals surface area contributed by atoms with Crippen LogP contribution >= 0.6 is 15.9 Å². The van der Waals surface area contributed by atoms with Crippen LogP contribution in [-0.4, -0.2) is 11.3 Å². The Morgan fingerprint density at radius 3 is 2.72 bits per heavy atom. The number of aromatic amines is 1. The van der Waals surface area contributed by atoms with Gasteiger partial charge in [-0.3, -0.25) is 4.79 Å². The summed E-state index contributed by atoms with van der Waals surface area (Å²) in [5.74, 6) is 0.526. The van der Waals surface area contributed by atoms with Gasteiger partial charge in [0.15, 0.2) is 6.29 Å². The van der Waals surface area contributed by atoms with E-state index in [4.69, 9.17) is 0 Å². The zero-order valence-corrected chi connectivity index (χ0v) is 11.8. The van der Waals surface area contributed by atoms with Crippen LogP contribution in [0.3, 0.4) is 0 Å². The molecule has 0 spiro atoms. The molecule has 94 valence electrons. The van der Waals surface area contributed by atoms with Crippen molar-refractivity contribution in [2.24, 2.45) is 0 Å². The van der Waals surface area contributed by atoms with Crippen molar-refractivity contribution in [1.82, 2.24) is 4.98 Å². The van der Waals surface area contributed by atoms with Gasteiger partial charge in [-0.2, -0.15) is 0 Å². The Morgan fingerprint density at radius 2 is 2.00 bits per heavy atom. The number of hydrogen-bond acceptors (Lipinski definition) is 1. The SMILES string of the molecule is O=Cc1c(C2CCCCC2)[nH]c2c(Br)cccc12. The lowest BCUT2D eigenvalue weighted by atomic mass is 9.85. The lowest BCUT2D eigenvalue weighted by Crippen LogP contribution is -2.06. The zero-order valence-electron chi connectivity index (χ0n) is 10.2. The number of nitrogens with one attached hydrogen (secondary N) is 1. The number of aldehydes is 1. The molecule has 1 aromatic carbocycles. The average molecular weight is 306 g/mol. The van der Waals surface area contributed by atoms with Crippen LogP contribution in [0, 0.1) is 0 Å². The van der Waals surface area contributed by atoms with Crippen molar-refractivity contribution in [3.05, 3.63) is 33.9 Å². The quantitative estimate of drug-likeness (QED) is 0.795. The summed E-state index contributed by atoms with van der Waals surface area (Å²) in [6.07, 6.45) is 7.29. The molecule has 1 N–H and O–H groups in total. The van der Waals surface area contributed by atoms with E-state index in [9.17, 15) is 4.79 Å². The topological polar surface area (TPSA) is 32.9 Å². The molecular weight excluding hydrogens is 290 g/mol. The van der Waals surface area contributed by atoms with E-state index in [1.807, 2.05) is 18.2 Å². The molecule has 3 rings (SSSR count). The van der Waals surface area contributed by atoms with Crippen LogP contribution in [0.1, 0.15) is 54.1 Å². The predicted octanol–water partition coefficient (Wildman–Crippen LogP) is 4.79. The smallest absolute Gasteiger partial charge is 0.152 e. The highest BCUT2D eigenvalue weighted by atomic mass is 79.9. The highest BCUT2D eigenvalue weighted by molar-refractivity contribution is 9.10. The van der Waals surface area contributed by atoms with Gasteiger partial charge in [0.2, 0.25) is 0 Å². The number of H-pyrrole nitrogens is 1. The normalized spacial score (nSPS) is 17.2. The fourth-order valence-corrected chi connectivity index (χ4v) is 3.53. The van der Waals surface area contributed by atoms with Crippen LogP contribution < -0.4 is 0 Å². The van der Waals surface area contributed by atoms with Gasteiger partial charge < -0.3 is 4.98 Å². The number of hydrogen-bond donors (Lipinski definition) is 1. The van der Waals surface area contributed by atoms with E-state index in [1.54, 1.807) is 0 Å². The first kappa shape index (κ1) is 12.0. The number of aromatic nitrogens is 1. The molecule has 0 atom stereocenters. The van der Waals surface area contributed by atoms with Crippen LogP contribution in [0.4, 0.5) is 0 Å². The van der Waals surface area contributed by atoms with E-state index in [0.29, 0.717) is 5.92 Å². The van der Waals surface area contributed by atoms with Gasteiger partial charge in [-0.15, -0.1) is 0 Å². The number of carbonyl (C=O) groups is 1. The number of carbonyl (C=O) groups excluding carboxylic acids is 1. The monoisotopic (exact) mass is 305 g/mol. The van der Waals surface area contributed by atoms with Crippen LogP contribution in [0.25, 0.3) is 10.9 Å². The molecule has 0 radical (unpaired) electrons. The third kappa shape index (κ3) is 1.91. The number of halogens is 1. The van der Waals surface area contributed by atoms with Crippen molar-refractivity contribution in [2.45, 2.75) is 38.0 Å². The molecule has 2 aromatic rings. The third-order valence-electron chi connectivity index (χ3n) is 3.98. The Morgan fingerprint density at radius 1 is 1.22 bits per heavy atom. The first-order valence-electron chi connectivity index (χ1n) is 6.56. The predicted molar refractivity (Wildman–Crippen MR) is 77.2 cm³/mol. The van der Waals surface area contributed by atoms with Gasteiger partial charge in [0, 0.05) is 21.1 Å². The minimum Gasteiger partial charge on any atom is -0.357 e. The molecule has 0 saturated heterocycles. The molecule has 1 saturated carbocycles. The highest BCUT2D eigenvalue weighted by Crippen LogP contribution is 2.37. The first-order valence-corrected chi connectivity index (χ1v) is 7.36. The van der Waals surface area contributed by atoms with Gasteiger partial charge in [0.25, 0.3) is 0 Å². The Kier molecular flexibility index (Phi) is 3.25. The summed E-state index contributed by atoms with van der Waals surface area (Å²) < 4.78 is 1.03. The Bertz CT molecular complexity index is 581. The second-order valence-corrected chi connectivity index (χ2v) is 5.92. The Hall–Kier alpha value is -1.09. The van der Waals surface area contributed by atoms with Crippen LogP contribution in [0.5, 0.6) is 0 Å². The maximum absolute atomic E-state index is 11.4. The first-order chi connectivity index (χ1) is 8.81. The van der Waals surface area contributed by atoms with Gasteiger partial charge in [-0.05, 0) is 40.8 Å². The van der Waals surface area contributed by atoms with E-state index in [-0.39, 0.29) is 0 Å². The number of benzene rings is 1. The van der Waals surface area contributed by atoms with E-state index in [0.717, 1.165) is 32.9 Å². The molecule has 1 aromatic heterocycles. The van der Waals surface area contributed by atoms with Crippen molar-refractivity contribution in [3.8, 4) is 0 Å². The molecule has 0 amide bonds. The molecule has 2 nitrogen and oxygen atoms in total. The summed E-state index contributed by atoms with van der Waals surface area (Å²) in [6.45, 7) is 0. The number of rotatable bonds is 2. The minimum atomic E-state index is 0.526. The molecule has 1 aliphatic carbocycles. The summed E-state index contributed by atoms with van der Waals surface area (Å²) in [5.41, 5.74) is 3.06. The van der Waals surface area contributed by atoms with Gasteiger partial charge in [-0.25, -0.2) is 0 Å². The molecular formula is C15H16BrNO. The van der Waals surface area contributed by atoms with Gasteiger partial charge in [-0.1, -0.05) is 31.4 Å². The molecule has 1 fully saturated rings. The maximum atomic E-state index is 11.4. The fourth-order valence-electron chi connectivity index (χ4n) is 3.06. The van der Waals surface area contributed by atoms with Gasteiger partial charge >= 0.3 is 0 Å². The van der Waals surface area contributed by atoms with Crippen molar-refractivity contribution in [3.63, 3.8) is 0 Å². The summed E-state index contributed by atoms with van der Waals surface area (Å²) in [4.78, 5) is 14.9. The number of fused-ring (bicyclic) bond motifs is 1. The van der Waals surface area contributed by atoms with Gasteiger partial charge in [0.05, 0.1) is 5.52 Å². The Labute approximate surface area is 115 Å². The number of para-hydroxylation sites is 1. The Balaban J connectivity index is 2.16. The minimum absolute atomic E-state index is 0.526. The van der Waals surface area contributed by atoms with Gasteiger partial charge in [0.1, 0.15) is 0 Å². The second-order valence-electron chi connectivity index (χ2n) is 5.07. The fraction of sp³-hybridized carbons (Fsp3) is 0.400. The maximum Gasteiger partial charge on any atom is 0.152 e. The molecule has 1 heterocycles. The molecule has 0 bridgehead atoms. The van der Waals surface area contributed by atoms with E-state index < -0.39 is 0 Å². The summed E-state index contributed by atoms with van der Waals surface area (Å²) in [5, 5.41) is 1.04.